The summed E-state index contributed by atoms with van der Waals surface area (Å²) in [6, 6.07) is 18.7. The number of nitrogens with zero attached hydrogens (tertiary/aromatic N) is 1. The first kappa shape index (κ1) is 20.0. The van der Waals surface area contributed by atoms with Gasteiger partial charge in [0.25, 0.3) is 0 Å². The van der Waals surface area contributed by atoms with E-state index in [2.05, 4.69) is 47.1 Å². The van der Waals surface area contributed by atoms with Gasteiger partial charge in [0.05, 0.1) is 14.2 Å². The Hall–Kier alpha value is -3.34. The Labute approximate surface area is 175 Å². The minimum atomic E-state index is -0.955. The fraction of sp³-hybridized carbons (Fsp3) is 0.280. The van der Waals surface area contributed by atoms with Gasteiger partial charge in [0.15, 0.2) is 5.92 Å². The van der Waals surface area contributed by atoms with E-state index in [1.165, 1.54) is 30.7 Å². The minimum Gasteiger partial charge on any atom is -0.468 e. The van der Waals surface area contributed by atoms with Gasteiger partial charge in [0.1, 0.15) is 0 Å². The van der Waals surface area contributed by atoms with E-state index in [-0.39, 0.29) is 5.92 Å². The number of hydrogen-bond donors (Lipinski definition) is 0. The molecule has 5 nitrogen and oxygen atoms in total. The first-order valence-corrected chi connectivity index (χ1v) is 10.1. The summed E-state index contributed by atoms with van der Waals surface area (Å²) in [4.78, 5) is 24.6. The van der Waals surface area contributed by atoms with Gasteiger partial charge < -0.3 is 14.0 Å². The van der Waals surface area contributed by atoms with E-state index in [1.807, 2.05) is 24.3 Å². The lowest BCUT2D eigenvalue weighted by Gasteiger charge is -2.24. The van der Waals surface area contributed by atoms with E-state index in [4.69, 9.17) is 9.47 Å². The van der Waals surface area contributed by atoms with E-state index >= 15 is 0 Å². The number of para-hydroxylation sites is 1. The maximum atomic E-state index is 12.3. The van der Waals surface area contributed by atoms with E-state index in [9.17, 15) is 9.59 Å². The molecule has 1 aromatic heterocycles. The third-order valence-electron chi connectivity index (χ3n) is 5.81. The van der Waals surface area contributed by atoms with Crippen LogP contribution in [-0.2, 0) is 32.0 Å². The number of fused-ring (bicyclic) bond motifs is 3. The highest BCUT2D eigenvalue weighted by molar-refractivity contribution is 5.95. The Bertz CT molecular complexity index is 1080. The van der Waals surface area contributed by atoms with Crippen molar-refractivity contribution in [3.8, 4) is 0 Å². The zero-order valence-electron chi connectivity index (χ0n) is 17.2. The number of carbonyl (C=O) groups is 2. The van der Waals surface area contributed by atoms with Crippen molar-refractivity contribution < 1.29 is 19.1 Å². The van der Waals surface area contributed by atoms with Gasteiger partial charge in [0.2, 0.25) is 0 Å². The molecule has 30 heavy (non-hydrogen) atoms. The van der Waals surface area contributed by atoms with Crippen molar-refractivity contribution in [1.29, 1.82) is 0 Å². The summed E-state index contributed by atoms with van der Waals surface area (Å²) in [6.07, 6.45) is 5.36. The van der Waals surface area contributed by atoms with Crippen LogP contribution in [0.1, 0.15) is 29.2 Å². The molecule has 0 saturated carbocycles. The van der Waals surface area contributed by atoms with Crippen LogP contribution in [0.5, 0.6) is 0 Å². The molecule has 0 amide bonds. The summed E-state index contributed by atoms with van der Waals surface area (Å²) in [5, 5.41) is 1.21. The molecule has 5 heteroatoms. The van der Waals surface area contributed by atoms with Gasteiger partial charge in [-0.2, -0.15) is 0 Å². The van der Waals surface area contributed by atoms with Gasteiger partial charge in [-0.05, 0) is 30.0 Å². The number of aromatic nitrogens is 1. The second kappa shape index (κ2) is 8.57. The Morgan fingerprint density at radius 3 is 2.37 bits per heavy atom. The Kier molecular flexibility index (Phi) is 5.70. The molecule has 4 rings (SSSR count). The summed E-state index contributed by atoms with van der Waals surface area (Å²) in [5.74, 6) is -2.17. The maximum Gasteiger partial charge on any atom is 0.320 e. The summed E-state index contributed by atoms with van der Waals surface area (Å²) >= 11 is 0. The molecule has 0 spiro atoms. The number of benzene rings is 2. The zero-order chi connectivity index (χ0) is 21.1. The summed E-state index contributed by atoms with van der Waals surface area (Å²) in [7, 11) is 2.60. The number of ether oxygens (including phenoxy) is 2. The summed E-state index contributed by atoms with van der Waals surface area (Å²) in [6.45, 7) is 0.724. The van der Waals surface area contributed by atoms with Crippen LogP contribution in [0, 0.1) is 5.92 Å². The Morgan fingerprint density at radius 2 is 1.67 bits per heavy atom. The Morgan fingerprint density at radius 1 is 1.00 bits per heavy atom. The van der Waals surface area contributed by atoms with Crippen molar-refractivity contribution in [2.24, 2.45) is 5.92 Å². The number of esters is 2. The van der Waals surface area contributed by atoms with Crippen molar-refractivity contribution in [3.63, 3.8) is 0 Å². The van der Waals surface area contributed by atoms with E-state index < -0.39 is 17.9 Å². The lowest BCUT2D eigenvalue weighted by atomic mass is 9.85. The molecule has 0 fully saturated rings. The van der Waals surface area contributed by atoms with Crippen molar-refractivity contribution >= 4 is 22.8 Å². The highest BCUT2D eigenvalue weighted by atomic mass is 16.5. The lowest BCUT2D eigenvalue weighted by molar-refractivity contribution is -0.159. The van der Waals surface area contributed by atoms with Crippen LogP contribution >= 0.6 is 0 Å². The van der Waals surface area contributed by atoms with Gasteiger partial charge in [-0.3, -0.25) is 9.59 Å². The Balaban J connectivity index is 1.80. The number of rotatable bonds is 6. The van der Waals surface area contributed by atoms with Crippen LogP contribution in [0.25, 0.3) is 10.9 Å². The van der Waals surface area contributed by atoms with Crippen LogP contribution in [-0.4, -0.2) is 30.7 Å². The van der Waals surface area contributed by atoms with Crippen LogP contribution in [0.3, 0.4) is 0 Å². The molecule has 0 bridgehead atoms. The quantitative estimate of drug-likeness (QED) is 0.351. The molecule has 0 N–H and O–H groups in total. The van der Waals surface area contributed by atoms with Gasteiger partial charge >= 0.3 is 11.9 Å². The normalized spacial score (nSPS) is 15.2. The number of allylic oxidation sites excluding steroid dienone is 2. The van der Waals surface area contributed by atoms with Crippen LogP contribution in [0.2, 0.25) is 0 Å². The molecule has 1 aliphatic carbocycles. The summed E-state index contributed by atoms with van der Waals surface area (Å²) in [5.41, 5.74) is 4.77. The van der Waals surface area contributed by atoms with Gasteiger partial charge in [-0.25, -0.2) is 0 Å². The SMILES string of the molecule is COC(=O)C(CC1C=CCc2c1n(Cc1ccccc1)c1ccccc21)C(=O)OC. The standard InChI is InChI=1S/C25H25NO4/c1-29-24(27)21(25(28)30-2)15-18-11-8-13-20-19-12-6-7-14-22(19)26(23(18)20)16-17-9-4-3-5-10-17/h3-12,14,18,21H,13,15-16H2,1-2H3. The minimum absolute atomic E-state index is 0.0898. The molecule has 3 aromatic rings. The molecule has 0 aliphatic heterocycles. The highest BCUT2D eigenvalue weighted by Gasteiger charge is 2.34. The number of carbonyl (C=O) groups excluding carboxylic acids is 2. The summed E-state index contributed by atoms with van der Waals surface area (Å²) < 4.78 is 12.1. The van der Waals surface area contributed by atoms with Gasteiger partial charge in [-0.1, -0.05) is 60.7 Å². The second-order valence-corrected chi connectivity index (χ2v) is 7.53. The van der Waals surface area contributed by atoms with Crippen molar-refractivity contribution in [2.45, 2.75) is 25.3 Å². The van der Waals surface area contributed by atoms with Crippen molar-refractivity contribution in [2.75, 3.05) is 14.2 Å². The molecular formula is C25H25NO4. The molecule has 2 aromatic carbocycles. The van der Waals surface area contributed by atoms with Crippen LogP contribution in [0.4, 0.5) is 0 Å². The second-order valence-electron chi connectivity index (χ2n) is 7.53. The fourth-order valence-corrected chi connectivity index (χ4v) is 4.43. The van der Waals surface area contributed by atoms with E-state index in [0.717, 1.165) is 24.2 Å². The molecule has 0 radical (unpaired) electrons. The number of methoxy groups -OCH3 is 2. The molecule has 154 valence electrons. The third kappa shape index (κ3) is 3.63. The molecule has 1 atom stereocenters. The predicted octanol–water partition coefficient (Wildman–Crippen LogP) is 4.24. The fourth-order valence-electron chi connectivity index (χ4n) is 4.43. The molecule has 1 unspecified atom stereocenters. The first-order chi connectivity index (χ1) is 14.6. The topological polar surface area (TPSA) is 57.5 Å². The van der Waals surface area contributed by atoms with Crippen molar-refractivity contribution in [3.05, 3.63) is 83.6 Å². The van der Waals surface area contributed by atoms with Crippen LogP contribution < -0.4 is 0 Å². The predicted molar refractivity (Wildman–Crippen MR) is 115 cm³/mol. The molecule has 0 saturated heterocycles. The van der Waals surface area contributed by atoms with Gasteiger partial charge in [-0.15, -0.1) is 0 Å². The smallest absolute Gasteiger partial charge is 0.320 e. The molecule has 1 heterocycles. The number of hydrogen-bond acceptors (Lipinski definition) is 4. The third-order valence-corrected chi connectivity index (χ3v) is 5.81. The van der Waals surface area contributed by atoms with Crippen LogP contribution in [0.15, 0.2) is 66.7 Å². The van der Waals surface area contributed by atoms with E-state index in [1.54, 1.807) is 0 Å². The average Bonchev–Trinajstić information content (AvgIpc) is 3.11. The largest absolute Gasteiger partial charge is 0.468 e. The zero-order valence-corrected chi connectivity index (χ0v) is 17.2. The van der Waals surface area contributed by atoms with Crippen molar-refractivity contribution in [1.82, 2.24) is 4.57 Å². The molecule has 1 aliphatic rings. The monoisotopic (exact) mass is 403 g/mol. The van der Waals surface area contributed by atoms with Gasteiger partial charge in [0, 0.05) is 29.1 Å². The van der Waals surface area contributed by atoms with E-state index in [0.29, 0.717) is 6.42 Å². The average molecular weight is 403 g/mol. The first-order valence-electron chi connectivity index (χ1n) is 10.1. The molecular weight excluding hydrogens is 378 g/mol. The highest BCUT2D eigenvalue weighted by Crippen LogP contribution is 2.39. The lowest BCUT2D eigenvalue weighted by Crippen LogP contribution is -2.29. The maximum absolute atomic E-state index is 12.3.